The highest BCUT2D eigenvalue weighted by molar-refractivity contribution is 7.91. The number of anilines is 1. The lowest BCUT2D eigenvalue weighted by molar-refractivity contribution is -0.123. The number of likely N-dealkylation sites (N-methyl/N-ethyl adjacent to an activating group) is 1. The molecule has 7 rings (SSSR count). The number of fused-ring (bicyclic) bond motifs is 4. The first-order valence-electron chi connectivity index (χ1n) is 15.4. The quantitative estimate of drug-likeness (QED) is 0.237. The topological polar surface area (TPSA) is 156 Å². The van der Waals surface area contributed by atoms with Gasteiger partial charge in [0.2, 0.25) is 0 Å². The number of carbonyl (C=O) groups excluding carboxylic acids is 2. The van der Waals surface area contributed by atoms with Crippen molar-refractivity contribution < 1.29 is 35.9 Å². The summed E-state index contributed by atoms with van der Waals surface area (Å²) in [5.41, 5.74) is 2.50. The van der Waals surface area contributed by atoms with Crippen LogP contribution in [-0.2, 0) is 26.3 Å². The van der Waals surface area contributed by atoms with Crippen LogP contribution < -0.4 is 10.6 Å². The molecule has 5 aromatic rings. The first kappa shape index (κ1) is 33.3. The number of hydrogen-bond acceptors (Lipinski definition) is 9. The summed E-state index contributed by atoms with van der Waals surface area (Å²) in [5, 5.41) is 6.21. The van der Waals surface area contributed by atoms with Gasteiger partial charge in [-0.05, 0) is 35.6 Å². The van der Waals surface area contributed by atoms with Crippen LogP contribution in [0.15, 0.2) is 70.4 Å². The number of amides is 3. The molecule has 7 heterocycles. The monoisotopic (exact) mass is 729 g/mol. The second-order valence-electron chi connectivity index (χ2n) is 11.8. The zero-order valence-electron chi connectivity index (χ0n) is 26.6. The van der Waals surface area contributed by atoms with Crippen molar-refractivity contribution in [2.75, 3.05) is 32.0 Å². The van der Waals surface area contributed by atoms with Gasteiger partial charge in [-0.25, -0.2) is 28.2 Å². The highest BCUT2D eigenvalue weighted by atomic mass is 32.2. The average molecular weight is 730 g/mol. The largest absolute Gasteiger partial charge is 0.470 e. The summed E-state index contributed by atoms with van der Waals surface area (Å²) in [7, 11) is -2.75. The molecule has 14 nitrogen and oxygen atoms in total. The van der Waals surface area contributed by atoms with Crippen LogP contribution in [0.4, 0.5) is 23.8 Å². The normalized spacial score (nSPS) is 18.9. The van der Waals surface area contributed by atoms with Crippen LogP contribution in [0.2, 0.25) is 0 Å². The maximum absolute atomic E-state index is 13.6. The number of ether oxygens (including phenoxy) is 1. The van der Waals surface area contributed by atoms with E-state index >= 15 is 0 Å². The Hall–Kier alpha value is -5.17. The van der Waals surface area contributed by atoms with Gasteiger partial charge in [0.1, 0.15) is 12.4 Å². The SMILES string of the molecule is CC[C@@H]1CN(C(=O)NCC(F)(F)F)C[C@@H]1c1cnc2cnc3c(ccn3COC3=C(C(=O)Nc4ccccn4)N(C)S(=O)(=O)c4sccc43)n12. The molecule has 0 radical (unpaired) electrons. The van der Waals surface area contributed by atoms with Crippen LogP contribution >= 0.6 is 11.3 Å². The predicted octanol–water partition coefficient (Wildman–Crippen LogP) is 4.45. The Morgan fingerprint density at radius 3 is 2.66 bits per heavy atom. The second-order valence-corrected chi connectivity index (χ2v) is 14.9. The first-order valence-corrected chi connectivity index (χ1v) is 17.8. The molecule has 0 aliphatic carbocycles. The number of sulfonamides is 1. The van der Waals surface area contributed by atoms with Gasteiger partial charge in [0.15, 0.2) is 33.7 Å². The Balaban J connectivity index is 1.20. The van der Waals surface area contributed by atoms with Crippen molar-refractivity contribution in [3.8, 4) is 0 Å². The second kappa shape index (κ2) is 12.6. The van der Waals surface area contributed by atoms with Gasteiger partial charge in [0.25, 0.3) is 15.9 Å². The van der Waals surface area contributed by atoms with Gasteiger partial charge < -0.3 is 20.3 Å². The number of hydrogen-bond donors (Lipinski definition) is 2. The fraction of sp³-hybridized carbons (Fsp3) is 0.323. The first-order chi connectivity index (χ1) is 23.9. The third-order valence-corrected chi connectivity index (χ3v) is 12.0. The van der Waals surface area contributed by atoms with E-state index in [4.69, 9.17) is 4.74 Å². The number of carbonyl (C=O) groups is 2. The van der Waals surface area contributed by atoms with E-state index in [1.54, 1.807) is 52.8 Å². The number of urea groups is 1. The number of rotatable bonds is 8. The zero-order valence-corrected chi connectivity index (χ0v) is 28.2. The number of thiophene rings is 1. The molecule has 0 saturated carbocycles. The maximum Gasteiger partial charge on any atom is 0.405 e. The van der Waals surface area contributed by atoms with Crippen molar-refractivity contribution in [1.82, 2.24) is 38.4 Å². The third kappa shape index (κ3) is 5.89. The summed E-state index contributed by atoms with van der Waals surface area (Å²) >= 11 is 1.01. The van der Waals surface area contributed by atoms with Gasteiger partial charge in [-0.3, -0.25) is 18.1 Å². The number of alkyl halides is 3. The summed E-state index contributed by atoms with van der Waals surface area (Å²) in [6, 6.07) is 7.55. The molecule has 0 bridgehead atoms. The molecule has 0 aromatic carbocycles. The average Bonchev–Trinajstić information content (AvgIpc) is 3.89. The van der Waals surface area contributed by atoms with Crippen LogP contribution in [0, 0.1) is 5.92 Å². The maximum atomic E-state index is 13.6. The van der Waals surface area contributed by atoms with Crippen molar-refractivity contribution >= 4 is 61.7 Å². The highest BCUT2D eigenvalue weighted by Gasteiger charge is 2.41. The van der Waals surface area contributed by atoms with E-state index in [1.165, 1.54) is 18.1 Å². The van der Waals surface area contributed by atoms with E-state index in [1.807, 2.05) is 22.7 Å². The number of imidazole rings is 1. The number of likely N-dealkylation sites (tertiary alicyclic amines) is 1. The molecule has 2 aliphatic heterocycles. The van der Waals surface area contributed by atoms with E-state index in [0.717, 1.165) is 21.3 Å². The van der Waals surface area contributed by atoms with E-state index < -0.39 is 34.7 Å². The smallest absolute Gasteiger partial charge is 0.405 e. The zero-order chi connectivity index (χ0) is 35.4. The Kier molecular flexibility index (Phi) is 8.41. The molecule has 0 unspecified atom stereocenters. The number of nitrogens with one attached hydrogen (secondary N) is 2. The summed E-state index contributed by atoms with van der Waals surface area (Å²) in [6.07, 6.45) is 2.67. The Labute approximate surface area is 287 Å². The van der Waals surface area contributed by atoms with Gasteiger partial charge >= 0.3 is 12.2 Å². The molecule has 2 aliphatic rings. The molecule has 2 atom stereocenters. The van der Waals surface area contributed by atoms with Gasteiger partial charge in [0.05, 0.1) is 17.3 Å². The number of aromatic nitrogens is 5. The molecule has 262 valence electrons. The molecule has 19 heteroatoms. The Morgan fingerprint density at radius 2 is 1.92 bits per heavy atom. The van der Waals surface area contributed by atoms with E-state index in [0.29, 0.717) is 29.8 Å². The summed E-state index contributed by atoms with van der Waals surface area (Å²) in [6.45, 7) is 0.907. The summed E-state index contributed by atoms with van der Waals surface area (Å²) in [5.74, 6) is -0.686. The Morgan fingerprint density at radius 1 is 1.10 bits per heavy atom. The summed E-state index contributed by atoms with van der Waals surface area (Å²) < 4.78 is 75.8. The van der Waals surface area contributed by atoms with E-state index in [2.05, 4.69) is 20.3 Å². The van der Waals surface area contributed by atoms with Gasteiger partial charge in [-0.15, -0.1) is 11.3 Å². The van der Waals surface area contributed by atoms with E-state index in [9.17, 15) is 31.2 Å². The minimum atomic E-state index is -4.52. The van der Waals surface area contributed by atoms with Crippen molar-refractivity contribution in [3.63, 3.8) is 0 Å². The number of nitrogens with zero attached hydrogens (tertiary/aromatic N) is 7. The fourth-order valence-corrected chi connectivity index (χ4v) is 9.07. The molecule has 0 spiro atoms. The standard InChI is InChI=1S/C31H30F3N9O5S2/c1-3-18-14-42(30(45)38-16-31(32,33)34)15-20(18)22-12-36-24-13-37-27-21(43(22)24)7-10-41(27)17-48-26-19-8-11-49-29(19)50(46,47)40(2)25(26)28(44)39-23-6-4-5-9-35-23/h4-13,18,20H,3,14-17H2,1-2H3,(H,38,45)(H,35,39,44)/t18-,20+/m1/s1. The molecular formula is C31H30F3N9O5S2. The van der Waals surface area contributed by atoms with Crippen molar-refractivity contribution in [3.05, 3.63) is 77.5 Å². The fourth-order valence-electron chi connectivity index (χ4n) is 6.38. The molecule has 3 amide bonds. The molecule has 1 fully saturated rings. The Bertz CT molecular complexity index is 2250. The third-order valence-electron chi connectivity index (χ3n) is 8.81. The van der Waals surface area contributed by atoms with Crippen LogP contribution in [0.5, 0.6) is 0 Å². The molecule has 5 aromatic heterocycles. The molecule has 50 heavy (non-hydrogen) atoms. The predicted molar refractivity (Wildman–Crippen MR) is 176 cm³/mol. The number of pyridine rings is 1. The molecular weight excluding hydrogens is 700 g/mol. The van der Waals surface area contributed by atoms with Crippen molar-refractivity contribution in [2.24, 2.45) is 5.92 Å². The van der Waals surface area contributed by atoms with Crippen LogP contribution in [0.25, 0.3) is 22.6 Å². The van der Waals surface area contributed by atoms with Gasteiger partial charge in [0, 0.05) is 50.3 Å². The lowest BCUT2D eigenvalue weighted by atomic mass is 9.91. The minimum Gasteiger partial charge on any atom is -0.470 e. The minimum absolute atomic E-state index is 0.0258. The molecule has 2 N–H and O–H groups in total. The van der Waals surface area contributed by atoms with Crippen molar-refractivity contribution in [2.45, 2.75) is 36.4 Å². The van der Waals surface area contributed by atoms with Gasteiger partial charge in [-0.2, -0.15) is 13.2 Å². The lowest BCUT2D eigenvalue weighted by Crippen LogP contribution is -2.42. The van der Waals surface area contributed by atoms with E-state index in [-0.39, 0.29) is 52.2 Å². The van der Waals surface area contributed by atoms with Crippen molar-refractivity contribution in [1.29, 1.82) is 0 Å². The van der Waals surface area contributed by atoms with Gasteiger partial charge in [-0.1, -0.05) is 19.4 Å². The van der Waals surface area contributed by atoms with Crippen LogP contribution in [0.3, 0.4) is 0 Å². The molecule has 1 saturated heterocycles. The summed E-state index contributed by atoms with van der Waals surface area (Å²) in [4.78, 5) is 40.8. The lowest BCUT2D eigenvalue weighted by Gasteiger charge is -2.28. The highest BCUT2D eigenvalue weighted by Crippen LogP contribution is 2.41. The van der Waals surface area contributed by atoms with Crippen LogP contribution in [0.1, 0.15) is 30.5 Å². The van der Waals surface area contributed by atoms with Crippen LogP contribution in [-0.4, -0.2) is 86.3 Å². The number of halogens is 3.